The van der Waals surface area contributed by atoms with E-state index in [2.05, 4.69) is 135 Å². The second-order valence-corrected chi connectivity index (χ2v) is 39.3. The Bertz CT molecular complexity index is 2440. The van der Waals surface area contributed by atoms with Crippen LogP contribution in [0.5, 0.6) is 0 Å². The maximum Gasteiger partial charge on any atom is 0.407 e. The number of aliphatic hydroxyl groups excluding tert-OH is 3. The first kappa shape index (κ1) is 66.4. The molecule has 488 valence electrons. The largest absolute Gasteiger partial charge is 0.443 e. The zero-order valence-electron chi connectivity index (χ0n) is 57.7. The van der Waals surface area contributed by atoms with Crippen molar-refractivity contribution in [2.45, 2.75) is 300 Å². The number of carbonyl (C=O) groups is 2. The lowest BCUT2D eigenvalue weighted by atomic mass is 9.41. The quantitative estimate of drug-likeness (QED) is 0.126. The molecule has 10 aliphatic carbocycles. The van der Waals surface area contributed by atoms with E-state index >= 15 is 0 Å². The number of carbonyl (C=O) groups excluding carboxylic acids is 2. The first-order valence-corrected chi connectivity index (χ1v) is 37.9. The molecule has 26 atom stereocenters. The van der Waals surface area contributed by atoms with Crippen LogP contribution < -0.4 is 10.6 Å². The summed E-state index contributed by atoms with van der Waals surface area (Å²) in [6, 6.07) is 3.51. The maximum atomic E-state index is 12.5. The summed E-state index contributed by atoms with van der Waals surface area (Å²) in [5.41, 5.74) is 2.16. The first-order chi connectivity index (χ1) is 39.8. The third kappa shape index (κ3) is 8.95. The van der Waals surface area contributed by atoms with E-state index in [1.165, 1.54) is 82.3 Å². The fraction of sp³-hybridized carbons (Fsp3) is 0.972. The van der Waals surface area contributed by atoms with Gasteiger partial charge in [0.1, 0.15) is 12.2 Å². The molecular formula is C72H126N2O10Si. The van der Waals surface area contributed by atoms with Gasteiger partial charge >= 0.3 is 12.2 Å². The molecule has 85 heavy (non-hydrogen) atoms. The number of hydrogen-bond donors (Lipinski definition) is 5. The molecule has 0 radical (unpaired) electrons. The molecule has 2 amide bonds. The van der Waals surface area contributed by atoms with Crippen molar-refractivity contribution < 1.29 is 48.3 Å². The highest BCUT2D eigenvalue weighted by Crippen LogP contribution is 2.91. The van der Waals surface area contributed by atoms with Crippen molar-refractivity contribution >= 4 is 20.5 Å². The highest BCUT2D eigenvalue weighted by molar-refractivity contribution is 6.73. The fourth-order valence-corrected chi connectivity index (χ4v) is 29.3. The van der Waals surface area contributed by atoms with Crippen LogP contribution in [0.25, 0.3) is 0 Å². The number of amides is 2. The summed E-state index contributed by atoms with van der Waals surface area (Å²) >= 11 is 0. The number of aliphatic hydroxyl groups is 3. The number of hydrogen-bond acceptors (Lipinski definition) is 10. The molecule has 4 spiro atoms. The van der Waals surface area contributed by atoms with Gasteiger partial charge in [0, 0.05) is 32.0 Å². The van der Waals surface area contributed by atoms with Gasteiger partial charge in [-0.05, 0) is 229 Å². The predicted molar refractivity (Wildman–Crippen MR) is 340 cm³/mol. The van der Waals surface area contributed by atoms with Crippen molar-refractivity contribution in [2.75, 3.05) is 21.2 Å². The topological polar surface area (TPSA) is 165 Å². The summed E-state index contributed by atoms with van der Waals surface area (Å²) in [7, 11) is 2.30. The molecule has 13 heteroatoms. The highest BCUT2D eigenvalue weighted by Gasteiger charge is 2.87. The predicted octanol–water partition coefficient (Wildman–Crippen LogP) is 15.0. The molecule has 0 aromatic heterocycles. The smallest absolute Gasteiger partial charge is 0.407 e. The van der Waals surface area contributed by atoms with Gasteiger partial charge in [0.25, 0.3) is 0 Å². The van der Waals surface area contributed by atoms with Gasteiger partial charge in [-0.25, -0.2) is 9.59 Å². The average molecular weight is 1210 g/mol. The van der Waals surface area contributed by atoms with E-state index in [9.17, 15) is 19.8 Å². The van der Waals surface area contributed by atoms with Crippen LogP contribution in [0.4, 0.5) is 9.59 Å². The molecule has 0 aromatic rings. The SMILES string of the molecule is CC[Si](CC)(CC)O[C@H]1[C@H]2O[C@@H]([C@H](OC(=O)NC)C(C)C)C[C@@H](C)[C@@H]2[C@@]2(C)CC[C@@]34CC35CC[C@H](C)C(C)(C)[C@@H]5CC[C@H]4[C@]12C.CNC(=O)O[C@H](C(C)C)[C@H]1C[C@@H](C)[C@H]2[C@H](O1)[C@H](O)[C@@]1(C)[C@@H]3CC[C@H]4C(C)(C)[C@@H](O)CCC45C[C@@]35CC[C@]21C.CO. The van der Waals surface area contributed by atoms with Crippen LogP contribution in [0.15, 0.2) is 0 Å². The van der Waals surface area contributed by atoms with Gasteiger partial charge in [0.15, 0.2) is 8.32 Å². The number of alkyl carbamates (subject to hydrolysis) is 2. The van der Waals surface area contributed by atoms with E-state index in [1.54, 1.807) is 14.1 Å². The van der Waals surface area contributed by atoms with Crippen LogP contribution in [-0.2, 0) is 23.4 Å². The molecule has 12 aliphatic rings. The molecular weight excluding hydrogens is 1080 g/mol. The van der Waals surface area contributed by atoms with E-state index in [0.717, 1.165) is 57.5 Å². The van der Waals surface area contributed by atoms with Crippen LogP contribution in [0.2, 0.25) is 18.1 Å². The van der Waals surface area contributed by atoms with Crippen LogP contribution in [0, 0.1) is 119 Å². The molecule has 0 aromatic carbocycles. The summed E-state index contributed by atoms with van der Waals surface area (Å²) < 4.78 is 34.1. The number of fused-ring (bicyclic) bond motifs is 8. The van der Waals surface area contributed by atoms with Gasteiger partial charge in [-0.2, -0.15) is 0 Å². The average Bonchev–Trinajstić information content (AvgIpc) is 1.48. The van der Waals surface area contributed by atoms with E-state index < -0.39 is 20.5 Å². The van der Waals surface area contributed by atoms with Crippen molar-refractivity contribution in [1.29, 1.82) is 0 Å². The minimum Gasteiger partial charge on any atom is -0.443 e. The Hall–Kier alpha value is -1.48. The second kappa shape index (κ2) is 22.4. The first-order valence-electron chi connectivity index (χ1n) is 35.4. The van der Waals surface area contributed by atoms with E-state index in [4.69, 9.17) is 28.5 Å². The van der Waals surface area contributed by atoms with Crippen LogP contribution in [0.1, 0.15) is 227 Å². The summed E-state index contributed by atoms with van der Waals surface area (Å²) in [6.07, 6.45) is 17.2. The van der Waals surface area contributed by atoms with Crippen LogP contribution >= 0.6 is 0 Å². The summed E-state index contributed by atoms with van der Waals surface area (Å²) in [5, 5.41) is 35.6. The third-order valence-electron chi connectivity index (χ3n) is 31.4. The number of nitrogens with one attached hydrogen (secondary N) is 2. The molecule has 2 heterocycles. The zero-order chi connectivity index (χ0) is 62.6. The lowest BCUT2D eigenvalue weighted by Crippen LogP contribution is -2.60. The Morgan fingerprint density at radius 3 is 1.41 bits per heavy atom. The highest BCUT2D eigenvalue weighted by atomic mass is 28.4. The third-order valence-corrected chi connectivity index (χ3v) is 36.0. The summed E-state index contributed by atoms with van der Waals surface area (Å²) in [6.45, 7) is 43.2. The zero-order valence-corrected chi connectivity index (χ0v) is 58.7. The van der Waals surface area contributed by atoms with Crippen molar-refractivity contribution in [3.8, 4) is 0 Å². The van der Waals surface area contributed by atoms with Crippen molar-refractivity contribution in [2.24, 2.45) is 119 Å². The minimum atomic E-state index is -1.95. The number of rotatable bonds is 11. The fourth-order valence-electron chi connectivity index (χ4n) is 26.3. The summed E-state index contributed by atoms with van der Waals surface area (Å²) in [4.78, 5) is 24.7. The number of ether oxygens (including phenoxy) is 4. The molecule has 12 rings (SSSR count). The normalized spacial score (nSPS) is 50.5. The Balaban J connectivity index is 0.000000186. The molecule has 12 nitrogen and oxygen atoms in total. The Kier molecular flexibility index (Phi) is 17.5. The lowest BCUT2D eigenvalue weighted by Gasteiger charge is -2.64. The lowest BCUT2D eigenvalue weighted by molar-refractivity contribution is -0.184. The second-order valence-electron chi connectivity index (χ2n) is 34.6. The molecule has 2 aliphatic heterocycles. The van der Waals surface area contributed by atoms with E-state index in [-0.39, 0.29) is 93.8 Å². The van der Waals surface area contributed by atoms with Crippen molar-refractivity contribution in [1.82, 2.24) is 10.6 Å². The molecule has 2 unspecified atom stereocenters. The van der Waals surface area contributed by atoms with Crippen LogP contribution in [-0.4, -0.2) is 112 Å². The Labute approximate surface area is 517 Å². The van der Waals surface area contributed by atoms with Gasteiger partial charge < -0.3 is 49.3 Å². The van der Waals surface area contributed by atoms with Gasteiger partial charge in [0.05, 0.1) is 42.7 Å². The molecule has 12 fully saturated rings. The van der Waals surface area contributed by atoms with Crippen LogP contribution in [0.3, 0.4) is 0 Å². The van der Waals surface area contributed by atoms with Gasteiger partial charge in [-0.1, -0.05) is 125 Å². The standard InChI is InChI=1S/C39H69NO4Si.C32H53NO5.CH4O/c1-13-45(14-2,15-3)44-33-32-30(25(6)22-27(42-32)31(24(4)5)43-34(41)40-12)36(10)20-21-39-23-38(39)19-18-26(7)35(8,9)28(38)16-17-29(39)37(33,36)11;1-17(2)24(38-27(36)33-8)19-15-18(3)23-25(37-19)26(35)30(7)21-10-9-20-28(4,5)22(34)11-12-31(20)16-32(21,31)14-13-29(23,30)6;1-2/h24-33H,13-23H2,1-12H3,(H,40,41);17-26,34-35H,9-16H2,1-8H3,(H,33,36);2H,1H3/t25-,26+,27-,28+,29+,30+,31-,32+,33+,36-,37-,38?,39+;18-,19-,20+,21+,22+,23+,24-,25+,26+,29-,30-,31?,32+;/m11./s1. The Morgan fingerprint density at radius 2 is 0.953 bits per heavy atom. The monoisotopic (exact) mass is 1210 g/mol. The van der Waals surface area contributed by atoms with Gasteiger partial charge in [-0.3, -0.25) is 0 Å². The van der Waals surface area contributed by atoms with E-state index in [1.807, 2.05) is 0 Å². The molecule has 0 bridgehead atoms. The Morgan fingerprint density at radius 1 is 0.553 bits per heavy atom. The molecule has 5 N–H and O–H groups in total. The minimum absolute atomic E-state index is 0.0205. The van der Waals surface area contributed by atoms with Crippen molar-refractivity contribution in [3.05, 3.63) is 0 Å². The maximum absolute atomic E-state index is 12.5. The van der Waals surface area contributed by atoms with Crippen molar-refractivity contribution in [3.63, 3.8) is 0 Å². The van der Waals surface area contributed by atoms with Gasteiger partial charge in [0.2, 0.25) is 0 Å². The summed E-state index contributed by atoms with van der Waals surface area (Å²) in [5.74, 6) is 5.43. The molecule has 10 saturated carbocycles. The van der Waals surface area contributed by atoms with Gasteiger partial charge in [-0.15, -0.1) is 0 Å². The van der Waals surface area contributed by atoms with E-state index in [0.29, 0.717) is 68.5 Å². The molecule has 2 saturated heterocycles.